The average molecular weight is 257 g/mol. The SMILES string of the molecule is CCCc1ccc2oc(C(=O)N(C)C3CC3)cc2c1. The molecule has 0 unspecified atom stereocenters. The van der Waals surface area contributed by atoms with Gasteiger partial charge in [-0.2, -0.15) is 0 Å². The second kappa shape index (κ2) is 4.72. The smallest absolute Gasteiger partial charge is 0.289 e. The molecule has 1 aromatic heterocycles. The maximum absolute atomic E-state index is 12.2. The van der Waals surface area contributed by atoms with Crippen molar-refractivity contribution in [1.82, 2.24) is 4.90 Å². The van der Waals surface area contributed by atoms with Crippen LogP contribution in [0.1, 0.15) is 42.3 Å². The van der Waals surface area contributed by atoms with Crippen molar-refractivity contribution in [1.29, 1.82) is 0 Å². The topological polar surface area (TPSA) is 33.5 Å². The van der Waals surface area contributed by atoms with E-state index in [4.69, 9.17) is 4.42 Å². The number of hydrogen-bond acceptors (Lipinski definition) is 2. The van der Waals surface area contributed by atoms with Gasteiger partial charge in [0.2, 0.25) is 0 Å². The molecule has 1 fully saturated rings. The average Bonchev–Trinajstić information content (AvgIpc) is 3.17. The number of nitrogens with zero attached hydrogens (tertiary/aromatic N) is 1. The molecule has 1 aliphatic rings. The number of fused-ring (bicyclic) bond motifs is 1. The summed E-state index contributed by atoms with van der Waals surface area (Å²) < 4.78 is 5.67. The van der Waals surface area contributed by atoms with Crippen LogP contribution in [0.3, 0.4) is 0 Å². The summed E-state index contributed by atoms with van der Waals surface area (Å²) in [5, 5.41) is 1.03. The zero-order valence-electron chi connectivity index (χ0n) is 11.5. The zero-order chi connectivity index (χ0) is 13.4. The minimum Gasteiger partial charge on any atom is -0.451 e. The first-order valence-electron chi connectivity index (χ1n) is 6.98. The molecular weight excluding hydrogens is 238 g/mol. The molecule has 0 radical (unpaired) electrons. The van der Waals surface area contributed by atoms with Crippen LogP contribution in [0.25, 0.3) is 11.0 Å². The number of carbonyl (C=O) groups excluding carboxylic acids is 1. The lowest BCUT2D eigenvalue weighted by Crippen LogP contribution is -2.28. The first kappa shape index (κ1) is 12.3. The van der Waals surface area contributed by atoms with E-state index in [1.54, 1.807) is 4.90 Å². The lowest BCUT2D eigenvalue weighted by molar-refractivity contribution is 0.0756. The maximum Gasteiger partial charge on any atom is 0.289 e. The largest absolute Gasteiger partial charge is 0.451 e. The van der Waals surface area contributed by atoms with Crippen molar-refractivity contribution >= 4 is 16.9 Å². The Labute approximate surface area is 113 Å². The summed E-state index contributed by atoms with van der Waals surface area (Å²) in [7, 11) is 1.86. The van der Waals surface area contributed by atoms with Crippen molar-refractivity contribution in [2.24, 2.45) is 0 Å². The van der Waals surface area contributed by atoms with Crippen LogP contribution in [-0.4, -0.2) is 23.9 Å². The molecule has 1 aliphatic carbocycles. The molecular formula is C16H19NO2. The first-order chi connectivity index (χ1) is 9.19. The van der Waals surface area contributed by atoms with Gasteiger partial charge in [0.1, 0.15) is 5.58 Å². The van der Waals surface area contributed by atoms with Gasteiger partial charge in [0.05, 0.1) is 0 Å². The highest BCUT2D eigenvalue weighted by Crippen LogP contribution is 2.28. The van der Waals surface area contributed by atoms with Gasteiger partial charge in [-0.15, -0.1) is 0 Å². The number of aryl methyl sites for hydroxylation is 1. The number of benzene rings is 1. The van der Waals surface area contributed by atoms with Crippen LogP contribution >= 0.6 is 0 Å². The van der Waals surface area contributed by atoms with E-state index in [2.05, 4.69) is 19.1 Å². The Kier molecular flexibility index (Phi) is 3.05. The Balaban J connectivity index is 1.90. The Morgan fingerprint density at radius 2 is 2.16 bits per heavy atom. The molecule has 0 N–H and O–H groups in total. The van der Waals surface area contributed by atoms with Crippen molar-refractivity contribution in [2.75, 3.05) is 7.05 Å². The van der Waals surface area contributed by atoms with E-state index < -0.39 is 0 Å². The van der Waals surface area contributed by atoms with Crippen LogP contribution in [0.2, 0.25) is 0 Å². The Bertz CT molecular complexity index is 610. The van der Waals surface area contributed by atoms with Gasteiger partial charge in [-0.05, 0) is 43.0 Å². The van der Waals surface area contributed by atoms with E-state index in [1.165, 1.54) is 5.56 Å². The molecule has 100 valence electrons. The van der Waals surface area contributed by atoms with Gasteiger partial charge in [-0.1, -0.05) is 19.4 Å². The fraction of sp³-hybridized carbons (Fsp3) is 0.438. The van der Waals surface area contributed by atoms with Gasteiger partial charge in [0.15, 0.2) is 5.76 Å². The van der Waals surface area contributed by atoms with E-state index in [9.17, 15) is 4.79 Å². The molecule has 0 aliphatic heterocycles. The molecule has 1 aromatic carbocycles. The van der Waals surface area contributed by atoms with Gasteiger partial charge in [0, 0.05) is 18.5 Å². The van der Waals surface area contributed by atoms with E-state index in [1.807, 2.05) is 19.2 Å². The molecule has 3 rings (SSSR count). The fourth-order valence-corrected chi connectivity index (χ4v) is 2.44. The molecule has 1 saturated carbocycles. The van der Waals surface area contributed by atoms with E-state index in [-0.39, 0.29) is 5.91 Å². The van der Waals surface area contributed by atoms with Gasteiger partial charge in [-0.25, -0.2) is 0 Å². The third kappa shape index (κ3) is 2.37. The third-order valence-corrected chi connectivity index (χ3v) is 3.75. The normalized spacial score (nSPS) is 14.8. The van der Waals surface area contributed by atoms with Gasteiger partial charge in [-0.3, -0.25) is 4.79 Å². The summed E-state index contributed by atoms with van der Waals surface area (Å²) >= 11 is 0. The minimum absolute atomic E-state index is 0.00394. The second-order valence-corrected chi connectivity index (χ2v) is 5.38. The van der Waals surface area contributed by atoms with E-state index >= 15 is 0 Å². The Hall–Kier alpha value is -1.77. The van der Waals surface area contributed by atoms with Crippen molar-refractivity contribution in [2.45, 2.75) is 38.6 Å². The molecule has 0 saturated heterocycles. The number of hydrogen-bond donors (Lipinski definition) is 0. The summed E-state index contributed by atoms with van der Waals surface area (Å²) in [5.41, 5.74) is 2.10. The number of amides is 1. The molecule has 19 heavy (non-hydrogen) atoms. The molecule has 0 bridgehead atoms. The van der Waals surface area contributed by atoms with Crippen LogP contribution in [0.15, 0.2) is 28.7 Å². The summed E-state index contributed by atoms with van der Waals surface area (Å²) in [5.74, 6) is 0.453. The predicted molar refractivity (Wildman–Crippen MR) is 75.3 cm³/mol. The van der Waals surface area contributed by atoms with Crippen molar-refractivity contribution in [3.63, 3.8) is 0 Å². The molecule has 1 heterocycles. The number of carbonyl (C=O) groups is 1. The van der Waals surface area contributed by atoms with Crippen molar-refractivity contribution in [3.8, 4) is 0 Å². The second-order valence-electron chi connectivity index (χ2n) is 5.38. The lowest BCUT2D eigenvalue weighted by Gasteiger charge is -2.13. The monoisotopic (exact) mass is 257 g/mol. The summed E-state index contributed by atoms with van der Waals surface area (Å²) in [6, 6.07) is 8.45. The summed E-state index contributed by atoms with van der Waals surface area (Å²) in [4.78, 5) is 14.0. The first-order valence-corrected chi connectivity index (χ1v) is 6.98. The predicted octanol–water partition coefficient (Wildman–Crippen LogP) is 3.62. The zero-order valence-corrected chi connectivity index (χ0v) is 11.5. The fourth-order valence-electron chi connectivity index (χ4n) is 2.44. The van der Waals surface area contributed by atoms with E-state index in [0.717, 1.165) is 36.7 Å². The Morgan fingerprint density at radius 3 is 2.84 bits per heavy atom. The molecule has 0 atom stereocenters. The standard InChI is InChI=1S/C16H19NO2/c1-3-4-11-5-8-14-12(9-11)10-15(19-14)16(18)17(2)13-6-7-13/h5,8-10,13H,3-4,6-7H2,1-2H3. The quantitative estimate of drug-likeness (QED) is 0.838. The lowest BCUT2D eigenvalue weighted by atomic mass is 10.1. The maximum atomic E-state index is 12.2. The van der Waals surface area contributed by atoms with Crippen molar-refractivity contribution in [3.05, 3.63) is 35.6 Å². The molecule has 2 aromatic rings. The third-order valence-electron chi connectivity index (χ3n) is 3.75. The van der Waals surface area contributed by atoms with E-state index in [0.29, 0.717) is 11.8 Å². The molecule has 3 nitrogen and oxygen atoms in total. The molecule has 1 amide bonds. The molecule has 3 heteroatoms. The van der Waals surface area contributed by atoms with Gasteiger partial charge in [0.25, 0.3) is 5.91 Å². The van der Waals surface area contributed by atoms with Crippen molar-refractivity contribution < 1.29 is 9.21 Å². The highest BCUT2D eigenvalue weighted by Gasteiger charge is 2.31. The van der Waals surface area contributed by atoms with Crippen LogP contribution in [0.4, 0.5) is 0 Å². The van der Waals surface area contributed by atoms with Crippen LogP contribution in [0, 0.1) is 0 Å². The minimum atomic E-state index is -0.00394. The highest BCUT2D eigenvalue weighted by molar-refractivity contribution is 5.96. The van der Waals surface area contributed by atoms with Crippen LogP contribution < -0.4 is 0 Å². The van der Waals surface area contributed by atoms with Gasteiger partial charge < -0.3 is 9.32 Å². The Morgan fingerprint density at radius 1 is 1.37 bits per heavy atom. The molecule has 0 spiro atoms. The van der Waals surface area contributed by atoms with Crippen LogP contribution in [0.5, 0.6) is 0 Å². The number of rotatable bonds is 4. The number of furan rings is 1. The van der Waals surface area contributed by atoms with Gasteiger partial charge >= 0.3 is 0 Å². The van der Waals surface area contributed by atoms with Crippen LogP contribution in [-0.2, 0) is 6.42 Å². The summed E-state index contributed by atoms with van der Waals surface area (Å²) in [6.45, 7) is 2.17. The highest BCUT2D eigenvalue weighted by atomic mass is 16.3. The summed E-state index contributed by atoms with van der Waals surface area (Å²) in [6.07, 6.45) is 4.41.